The van der Waals surface area contributed by atoms with Gasteiger partial charge in [-0.1, -0.05) is 13.8 Å². The molecular weight excluding hydrogens is 272 g/mol. The molecule has 0 bridgehead atoms. The predicted molar refractivity (Wildman–Crippen MR) is 82.4 cm³/mol. The normalized spacial score (nSPS) is 11.0. The first-order chi connectivity index (χ1) is 9.56. The van der Waals surface area contributed by atoms with Crippen molar-refractivity contribution in [2.45, 2.75) is 33.7 Å². The number of hydrogen-bond donors (Lipinski definition) is 1. The Balaban J connectivity index is 1.97. The summed E-state index contributed by atoms with van der Waals surface area (Å²) in [6.45, 7) is 7.54. The molecule has 6 heteroatoms. The Hall–Kier alpha value is -1.69. The lowest BCUT2D eigenvalue weighted by Crippen LogP contribution is -2.26. The van der Waals surface area contributed by atoms with Crippen molar-refractivity contribution >= 4 is 17.2 Å². The number of nitrogens with one attached hydrogen (secondary N) is 1. The van der Waals surface area contributed by atoms with Crippen molar-refractivity contribution in [1.82, 2.24) is 14.5 Å². The Morgan fingerprint density at radius 2 is 2.25 bits per heavy atom. The lowest BCUT2D eigenvalue weighted by Gasteiger charge is -2.10. The van der Waals surface area contributed by atoms with Gasteiger partial charge >= 0.3 is 0 Å². The van der Waals surface area contributed by atoms with E-state index in [1.807, 2.05) is 12.3 Å². The van der Waals surface area contributed by atoms with E-state index in [2.05, 4.69) is 29.1 Å². The number of hydrogen-bond acceptors (Lipinski definition) is 5. The fraction of sp³-hybridized carbons (Fsp3) is 0.500. The molecule has 0 aliphatic rings. The largest absolute Gasteiger partial charge is 0.365 e. The van der Waals surface area contributed by atoms with Gasteiger partial charge in [-0.2, -0.15) is 0 Å². The maximum Gasteiger partial charge on any atom is 0.293 e. The third kappa shape index (κ3) is 3.90. The molecule has 0 aliphatic heterocycles. The summed E-state index contributed by atoms with van der Waals surface area (Å²) in [6, 6.07) is 0. The van der Waals surface area contributed by atoms with E-state index in [9.17, 15) is 4.79 Å². The van der Waals surface area contributed by atoms with Crippen molar-refractivity contribution in [2.75, 3.05) is 11.9 Å². The summed E-state index contributed by atoms with van der Waals surface area (Å²) in [6.07, 6.45) is 4.20. The Morgan fingerprint density at radius 3 is 2.90 bits per heavy atom. The van der Waals surface area contributed by atoms with Gasteiger partial charge in [0.25, 0.3) is 5.56 Å². The van der Waals surface area contributed by atoms with E-state index in [0.29, 0.717) is 24.8 Å². The summed E-state index contributed by atoms with van der Waals surface area (Å²) in [4.78, 5) is 20.7. The average molecular weight is 292 g/mol. The molecule has 2 aromatic rings. The number of aryl methyl sites for hydroxylation is 1. The van der Waals surface area contributed by atoms with E-state index in [4.69, 9.17) is 0 Å². The van der Waals surface area contributed by atoms with Crippen LogP contribution in [0.3, 0.4) is 0 Å². The lowest BCUT2D eigenvalue weighted by molar-refractivity contribution is 0.509. The van der Waals surface area contributed by atoms with Gasteiger partial charge in [-0.15, -0.1) is 11.3 Å². The Bertz CT molecular complexity index is 618. The second-order valence-electron chi connectivity index (χ2n) is 5.19. The minimum absolute atomic E-state index is 0.0588. The molecule has 5 nitrogen and oxygen atoms in total. The topological polar surface area (TPSA) is 59.8 Å². The van der Waals surface area contributed by atoms with Crippen molar-refractivity contribution < 1.29 is 0 Å². The van der Waals surface area contributed by atoms with Crippen molar-refractivity contribution in [2.24, 2.45) is 5.92 Å². The number of anilines is 1. The summed E-state index contributed by atoms with van der Waals surface area (Å²) in [7, 11) is 0. The van der Waals surface area contributed by atoms with Crippen molar-refractivity contribution in [3.63, 3.8) is 0 Å². The lowest BCUT2D eigenvalue weighted by atomic mass is 10.2. The Morgan fingerprint density at radius 1 is 1.45 bits per heavy atom. The summed E-state index contributed by atoms with van der Waals surface area (Å²) in [5.41, 5.74) is 0.985. The Labute approximate surface area is 122 Å². The summed E-state index contributed by atoms with van der Waals surface area (Å²) >= 11 is 1.65. The van der Waals surface area contributed by atoms with E-state index in [-0.39, 0.29) is 5.56 Å². The van der Waals surface area contributed by atoms with Gasteiger partial charge in [-0.3, -0.25) is 4.79 Å². The van der Waals surface area contributed by atoms with Gasteiger partial charge in [0, 0.05) is 43.0 Å². The third-order valence-electron chi connectivity index (χ3n) is 2.77. The molecule has 2 rings (SSSR count). The molecule has 0 saturated carbocycles. The van der Waals surface area contributed by atoms with Gasteiger partial charge < -0.3 is 9.88 Å². The van der Waals surface area contributed by atoms with Crippen LogP contribution in [0, 0.1) is 12.8 Å². The number of aromatic nitrogens is 3. The standard InChI is InChI=1S/C14H20N4OS/c1-10(2)8-18-7-6-16-13(14(18)19)15-5-4-12-17-11(3)9-20-12/h6-7,9-10H,4-5,8H2,1-3H3,(H,15,16). The zero-order valence-electron chi connectivity index (χ0n) is 12.1. The van der Waals surface area contributed by atoms with E-state index in [0.717, 1.165) is 17.1 Å². The highest BCUT2D eigenvalue weighted by Gasteiger charge is 2.06. The fourth-order valence-corrected chi connectivity index (χ4v) is 2.69. The van der Waals surface area contributed by atoms with E-state index in [1.165, 1.54) is 0 Å². The zero-order chi connectivity index (χ0) is 14.5. The molecule has 0 atom stereocenters. The van der Waals surface area contributed by atoms with Crippen LogP contribution < -0.4 is 10.9 Å². The molecule has 0 spiro atoms. The fourth-order valence-electron chi connectivity index (χ4n) is 1.91. The number of thiazole rings is 1. The number of nitrogens with zero attached hydrogens (tertiary/aromatic N) is 3. The first-order valence-electron chi connectivity index (χ1n) is 6.76. The number of rotatable bonds is 6. The highest BCUT2D eigenvalue weighted by Crippen LogP contribution is 2.09. The van der Waals surface area contributed by atoms with Crippen LogP contribution in [0.15, 0.2) is 22.6 Å². The average Bonchev–Trinajstić information content (AvgIpc) is 2.79. The maximum absolute atomic E-state index is 12.2. The van der Waals surface area contributed by atoms with Crippen LogP contribution in [0.25, 0.3) is 0 Å². The molecule has 20 heavy (non-hydrogen) atoms. The monoisotopic (exact) mass is 292 g/mol. The minimum atomic E-state index is -0.0588. The first-order valence-corrected chi connectivity index (χ1v) is 7.64. The molecule has 2 aromatic heterocycles. The molecule has 0 aliphatic carbocycles. The molecular formula is C14H20N4OS. The van der Waals surface area contributed by atoms with Crippen LogP contribution in [-0.4, -0.2) is 21.1 Å². The van der Waals surface area contributed by atoms with Gasteiger partial charge in [-0.05, 0) is 12.8 Å². The summed E-state index contributed by atoms with van der Waals surface area (Å²) in [5, 5.41) is 6.22. The van der Waals surface area contributed by atoms with Crippen LogP contribution >= 0.6 is 11.3 Å². The summed E-state index contributed by atoms with van der Waals surface area (Å²) < 4.78 is 1.70. The molecule has 108 valence electrons. The van der Waals surface area contributed by atoms with Crippen LogP contribution in [0.2, 0.25) is 0 Å². The third-order valence-corrected chi connectivity index (χ3v) is 3.80. The van der Waals surface area contributed by atoms with Crippen molar-refractivity contribution in [1.29, 1.82) is 0 Å². The van der Waals surface area contributed by atoms with Crippen LogP contribution in [-0.2, 0) is 13.0 Å². The molecule has 0 fully saturated rings. The molecule has 0 unspecified atom stereocenters. The van der Waals surface area contributed by atoms with Crippen molar-refractivity contribution in [3.05, 3.63) is 38.8 Å². The first kappa shape index (κ1) is 14.7. The van der Waals surface area contributed by atoms with Gasteiger partial charge in [0.2, 0.25) is 0 Å². The van der Waals surface area contributed by atoms with Crippen LogP contribution in [0.1, 0.15) is 24.5 Å². The Kier molecular flexibility index (Phi) is 4.89. The van der Waals surface area contributed by atoms with Crippen molar-refractivity contribution in [3.8, 4) is 0 Å². The van der Waals surface area contributed by atoms with E-state index in [1.54, 1.807) is 28.3 Å². The molecule has 0 aromatic carbocycles. The second kappa shape index (κ2) is 6.65. The van der Waals surface area contributed by atoms with Gasteiger partial charge in [0.1, 0.15) is 0 Å². The summed E-state index contributed by atoms with van der Waals surface area (Å²) in [5.74, 6) is 0.850. The zero-order valence-corrected chi connectivity index (χ0v) is 12.9. The molecule has 1 N–H and O–H groups in total. The van der Waals surface area contributed by atoms with Crippen LogP contribution in [0.5, 0.6) is 0 Å². The van der Waals surface area contributed by atoms with Crippen LogP contribution in [0.4, 0.5) is 5.82 Å². The second-order valence-corrected chi connectivity index (χ2v) is 6.13. The van der Waals surface area contributed by atoms with E-state index < -0.39 is 0 Å². The predicted octanol–water partition coefficient (Wildman–Crippen LogP) is 2.32. The highest BCUT2D eigenvalue weighted by molar-refractivity contribution is 7.09. The quantitative estimate of drug-likeness (QED) is 0.887. The molecule has 2 heterocycles. The minimum Gasteiger partial charge on any atom is -0.365 e. The molecule has 0 radical (unpaired) electrons. The highest BCUT2D eigenvalue weighted by atomic mass is 32.1. The van der Waals surface area contributed by atoms with E-state index >= 15 is 0 Å². The van der Waals surface area contributed by atoms with Gasteiger partial charge in [0.15, 0.2) is 5.82 Å². The maximum atomic E-state index is 12.2. The molecule has 0 saturated heterocycles. The smallest absolute Gasteiger partial charge is 0.293 e. The van der Waals surface area contributed by atoms with Gasteiger partial charge in [0.05, 0.1) is 5.01 Å². The van der Waals surface area contributed by atoms with Gasteiger partial charge in [-0.25, -0.2) is 9.97 Å². The molecule has 0 amide bonds. The SMILES string of the molecule is Cc1csc(CCNc2nccn(CC(C)C)c2=O)n1.